The van der Waals surface area contributed by atoms with E-state index < -0.39 is 0 Å². The van der Waals surface area contributed by atoms with Crippen LogP contribution in [0.4, 0.5) is 0 Å². The molecule has 0 saturated heterocycles. The largest absolute Gasteiger partial charge is 0.507 e. The number of rotatable bonds is 0. The van der Waals surface area contributed by atoms with E-state index >= 15 is 0 Å². The Kier molecular flexibility index (Phi) is 6.63. The minimum absolute atomic E-state index is 0.288. The van der Waals surface area contributed by atoms with Gasteiger partial charge < -0.3 is 5.11 Å². The fourth-order valence-corrected chi connectivity index (χ4v) is 2.57. The topological polar surface area (TPSA) is 58.9 Å². The van der Waals surface area contributed by atoms with Crippen molar-refractivity contribution < 1.29 is 5.11 Å². The zero-order valence-electron chi connectivity index (χ0n) is 13.5. The van der Waals surface area contributed by atoms with Gasteiger partial charge in [-0.2, -0.15) is 10.2 Å². The van der Waals surface area contributed by atoms with Gasteiger partial charge in [0.2, 0.25) is 0 Å². The molecule has 2 heterocycles. The van der Waals surface area contributed by atoms with Crippen molar-refractivity contribution >= 4 is 37.5 Å². The number of hydrogen-bond donors (Lipinski definition) is 1. The van der Waals surface area contributed by atoms with E-state index in [0.717, 1.165) is 26.0 Å². The van der Waals surface area contributed by atoms with E-state index in [1.165, 1.54) is 0 Å². The molecule has 0 saturated carbocycles. The lowest BCUT2D eigenvalue weighted by atomic mass is 10.2. The monoisotopic (exact) mass is 383 g/mol. The van der Waals surface area contributed by atoms with E-state index in [1.807, 2.05) is 50.2 Å². The third kappa shape index (κ3) is 4.26. The minimum atomic E-state index is 0.288. The number of phenolic OH excluding ortho intramolecular Hbond substituents is 1. The van der Waals surface area contributed by atoms with Crippen LogP contribution in [0.3, 0.4) is 0 Å². The number of phenols is 1. The highest BCUT2D eigenvalue weighted by Gasteiger charge is 1.96. The van der Waals surface area contributed by atoms with Gasteiger partial charge in [0.05, 0.1) is 12.4 Å². The van der Waals surface area contributed by atoms with Crippen molar-refractivity contribution in [2.75, 3.05) is 0 Å². The summed E-state index contributed by atoms with van der Waals surface area (Å²) in [4.78, 5) is 3.91. The Morgan fingerprint density at radius 1 is 0.792 bits per heavy atom. The van der Waals surface area contributed by atoms with Crippen LogP contribution in [0, 0.1) is 0 Å². The predicted molar refractivity (Wildman–Crippen MR) is 102 cm³/mol. The van der Waals surface area contributed by atoms with Crippen molar-refractivity contribution in [3.63, 3.8) is 0 Å². The number of hydrogen-bond acceptors (Lipinski definition) is 4. The molecule has 2 aromatic heterocycles. The van der Waals surface area contributed by atoms with Crippen molar-refractivity contribution in [3.05, 3.63) is 71.7 Å². The second kappa shape index (κ2) is 8.93. The number of halogens is 1. The average Bonchev–Trinajstić information content (AvgIpc) is 2.65. The van der Waals surface area contributed by atoms with E-state index in [0.29, 0.717) is 0 Å². The first-order chi connectivity index (χ1) is 11.8. The van der Waals surface area contributed by atoms with Gasteiger partial charge in [-0.05, 0) is 23.6 Å². The molecule has 1 N–H and O–H groups in total. The van der Waals surface area contributed by atoms with Crippen LogP contribution >= 0.6 is 15.9 Å². The summed E-state index contributed by atoms with van der Waals surface area (Å²) < 4.78 is 1.06. The molecule has 4 rings (SSSR count). The van der Waals surface area contributed by atoms with E-state index in [-0.39, 0.29) is 5.75 Å². The van der Waals surface area contributed by atoms with Crippen LogP contribution < -0.4 is 0 Å². The molecule has 4 aromatic rings. The second-order valence-corrected chi connectivity index (χ2v) is 5.46. The number of fused-ring (bicyclic) bond motifs is 2. The third-order valence-electron chi connectivity index (χ3n) is 3.20. The zero-order chi connectivity index (χ0) is 17.4. The molecule has 0 aliphatic rings. The highest BCUT2D eigenvalue weighted by Crippen LogP contribution is 2.22. The predicted octanol–water partition coefficient (Wildman–Crippen LogP) is 5.36. The molecular formula is C19H18BrN3O. The van der Waals surface area contributed by atoms with Crippen molar-refractivity contribution in [1.82, 2.24) is 15.2 Å². The molecule has 4 nitrogen and oxygen atoms in total. The van der Waals surface area contributed by atoms with E-state index in [9.17, 15) is 5.11 Å². The summed E-state index contributed by atoms with van der Waals surface area (Å²) in [5.41, 5.74) is 0. The number of pyridine rings is 1. The third-order valence-corrected chi connectivity index (χ3v) is 3.89. The van der Waals surface area contributed by atoms with Gasteiger partial charge in [-0.25, -0.2) is 0 Å². The summed E-state index contributed by atoms with van der Waals surface area (Å²) in [6, 6.07) is 13.3. The summed E-state index contributed by atoms with van der Waals surface area (Å²) in [7, 11) is 0. The van der Waals surface area contributed by atoms with Crippen LogP contribution in [-0.4, -0.2) is 20.3 Å². The molecule has 122 valence electrons. The average molecular weight is 384 g/mol. The fraction of sp³-hybridized carbons (Fsp3) is 0.105. The Bertz CT molecular complexity index is 840. The maximum Gasteiger partial charge on any atom is 0.124 e. The molecule has 0 unspecified atom stereocenters. The Labute approximate surface area is 149 Å². The van der Waals surface area contributed by atoms with Gasteiger partial charge in [-0.3, -0.25) is 4.98 Å². The summed E-state index contributed by atoms with van der Waals surface area (Å²) in [5.74, 6) is 0.288. The first-order valence-electron chi connectivity index (χ1n) is 7.62. The standard InChI is InChI=1S/C9H7NO.C8H5BrN2.C2H6/c11-9-3-1-2-7-4-5-10-6-8(7)9;9-8-3-1-2-6-4-10-11-5-7(6)8;1-2/h1-6,11H;1-5H;1-2H3. The number of benzene rings is 2. The molecular weight excluding hydrogens is 366 g/mol. The van der Waals surface area contributed by atoms with Crippen LogP contribution in [-0.2, 0) is 0 Å². The van der Waals surface area contributed by atoms with Gasteiger partial charge in [0.25, 0.3) is 0 Å². The first-order valence-corrected chi connectivity index (χ1v) is 8.41. The van der Waals surface area contributed by atoms with Crippen molar-refractivity contribution in [3.8, 4) is 5.75 Å². The van der Waals surface area contributed by atoms with E-state index in [4.69, 9.17) is 0 Å². The van der Waals surface area contributed by atoms with Crippen molar-refractivity contribution in [2.24, 2.45) is 0 Å². The smallest absolute Gasteiger partial charge is 0.124 e. The Morgan fingerprint density at radius 3 is 2.25 bits per heavy atom. The highest BCUT2D eigenvalue weighted by molar-refractivity contribution is 9.10. The van der Waals surface area contributed by atoms with Gasteiger partial charge in [0.1, 0.15) is 5.75 Å². The lowest BCUT2D eigenvalue weighted by Gasteiger charge is -1.97. The molecule has 5 heteroatoms. The highest BCUT2D eigenvalue weighted by atomic mass is 79.9. The number of aromatic nitrogens is 3. The number of nitrogens with zero attached hydrogens (tertiary/aromatic N) is 3. The van der Waals surface area contributed by atoms with Gasteiger partial charge in [0.15, 0.2) is 0 Å². The van der Waals surface area contributed by atoms with Crippen LogP contribution in [0.5, 0.6) is 5.75 Å². The zero-order valence-corrected chi connectivity index (χ0v) is 15.1. The quantitative estimate of drug-likeness (QED) is 0.444. The molecule has 0 amide bonds. The molecule has 0 fully saturated rings. The van der Waals surface area contributed by atoms with Gasteiger partial charge in [-0.15, -0.1) is 0 Å². The molecule has 0 bridgehead atoms. The molecule has 0 spiro atoms. The summed E-state index contributed by atoms with van der Waals surface area (Å²) in [5, 5.41) is 20.9. The molecule has 24 heavy (non-hydrogen) atoms. The van der Waals surface area contributed by atoms with E-state index in [1.54, 1.807) is 30.9 Å². The molecule has 0 atom stereocenters. The van der Waals surface area contributed by atoms with Gasteiger partial charge in [0, 0.05) is 33.0 Å². The van der Waals surface area contributed by atoms with Crippen molar-refractivity contribution in [1.29, 1.82) is 0 Å². The normalized spacial score (nSPS) is 9.62. The Hall–Kier alpha value is -2.53. The van der Waals surface area contributed by atoms with E-state index in [2.05, 4.69) is 31.1 Å². The van der Waals surface area contributed by atoms with Crippen LogP contribution in [0.25, 0.3) is 21.5 Å². The molecule has 0 radical (unpaired) electrons. The molecule has 0 aliphatic carbocycles. The summed E-state index contributed by atoms with van der Waals surface area (Å²) in [6.45, 7) is 4.00. The lowest BCUT2D eigenvalue weighted by molar-refractivity contribution is 0.481. The van der Waals surface area contributed by atoms with Gasteiger partial charge >= 0.3 is 0 Å². The first kappa shape index (κ1) is 17.8. The van der Waals surface area contributed by atoms with Gasteiger partial charge in [-0.1, -0.05) is 54.0 Å². The second-order valence-electron chi connectivity index (χ2n) is 4.61. The SMILES string of the molecule is Brc1cccc2cnncc12.CC.Oc1cccc2ccncc12. The lowest BCUT2D eigenvalue weighted by Crippen LogP contribution is -1.80. The van der Waals surface area contributed by atoms with Crippen LogP contribution in [0.2, 0.25) is 0 Å². The molecule has 0 aliphatic heterocycles. The Balaban J connectivity index is 0.000000158. The summed E-state index contributed by atoms with van der Waals surface area (Å²) in [6.07, 6.45) is 6.87. The fourth-order valence-electron chi connectivity index (χ4n) is 2.09. The summed E-state index contributed by atoms with van der Waals surface area (Å²) >= 11 is 3.43. The van der Waals surface area contributed by atoms with Crippen LogP contribution in [0.1, 0.15) is 13.8 Å². The van der Waals surface area contributed by atoms with Crippen LogP contribution in [0.15, 0.2) is 71.7 Å². The van der Waals surface area contributed by atoms with Crippen molar-refractivity contribution in [2.45, 2.75) is 13.8 Å². The maximum absolute atomic E-state index is 9.33. The molecule has 2 aromatic carbocycles. The minimum Gasteiger partial charge on any atom is -0.507 e. The number of aromatic hydroxyl groups is 1. The maximum atomic E-state index is 9.33. The Morgan fingerprint density at radius 2 is 1.50 bits per heavy atom.